The maximum atomic E-state index is 11.7. The third-order valence-electron chi connectivity index (χ3n) is 4.87. The smallest absolute Gasteiger partial charge is 0.409 e. The van der Waals surface area contributed by atoms with Gasteiger partial charge in [-0.15, -0.1) is 0 Å². The van der Waals surface area contributed by atoms with E-state index in [1.54, 1.807) is 11.0 Å². The molecular weight excluding hydrogens is 370 g/mol. The Balaban J connectivity index is 1.77. The summed E-state index contributed by atoms with van der Waals surface area (Å²) in [6, 6.07) is 1.61. The molecule has 0 unspecified atom stereocenters. The second-order valence-corrected chi connectivity index (χ2v) is 7.78. The summed E-state index contributed by atoms with van der Waals surface area (Å²) < 4.78 is 4.80. The molecule has 8 nitrogen and oxygen atoms in total. The quantitative estimate of drug-likeness (QED) is 0.808. The van der Waals surface area contributed by atoms with Crippen LogP contribution in [0.15, 0.2) is 6.07 Å². The number of aromatic hydroxyl groups is 1. The number of fused-ring (bicyclic) bond motifs is 1. The molecule has 148 valence electrons. The number of hydrogen-bond acceptors (Lipinski definition) is 6. The number of hydrogen-bond donors (Lipinski definition) is 2. The molecule has 1 aliphatic heterocycles. The molecule has 1 fully saturated rings. The van der Waals surface area contributed by atoms with E-state index in [1.807, 2.05) is 0 Å². The number of H-pyrrole nitrogens is 1. The highest BCUT2D eigenvalue weighted by atomic mass is 35.5. The molecule has 9 heteroatoms. The lowest BCUT2D eigenvalue weighted by Gasteiger charge is -2.36. The highest BCUT2D eigenvalue weighted by Crippen LogP contribution is 2.31. The number of imidazole rings is 1. The van der Waals surface area contributed by atoms with Gasteiger partial charge in [-0.1, -0.05) is 25.4 Å². The number of nitrogens with one attached hydrogen (secondary N) is 1. The standard InChI is InChI=1S/C18H26ClN5O3/c1-11(2)8-12(10-23-4-6-24(7-5-23)18(26)27-3)15-13(19)9-14-16(21-15)22-17(25)20-14/h9,11-12H,4-8,10H2,1-3H3,(H2,20,21,22,25)/t12-/m0/s1. The number of carbonyl (C=O) groups is 1. The van der Waals surface area contributed by atoms with Gasteiger partial charge in [0, 0.05) is 38.6 Å². The van der Waals surface area contributed by atoms with Crippen molar-refractivity contribution in [3.63, 3.8) is 0 Å². The molecule has 0 aromatic carbocycles. The second kappa shape index (κ2) is 8.31. The molecule has 1 atom stereocenters. The van der Waals surface area contributed by atoms with E-state index in [1.165, 1.54) is 7.11 Å². The number of ether oxygens (including phenoxy) is 1. The van der Waals surface area contributed by atoms with Crippen molar-refractivity contribution < 1.29 is 14.6 Å². The number of nitrogens with zero attached hydrogens (tertiary/aromatic N) is 4. The second-order valence-electron chi connectivity index (χ2n) is 7.37. The van der Waals surface area contributed by atoms with Crippen LogP contribution < -0.4 is 0 Å². The Bertz CT molecular complexity index is 802. The highest BCUT2D eigenvalue weighted by Gasteiger charge is 2.26. The molecule has 2 aromatic rings. The number of halogens is 1. The van der Waals surface area contributed by atoms with Crippen LogP contribution in [0, 0.1) is 5.92 Å². The third-order valence-corrected chi connectivity index (χ3v) is 5.17. The first-order chi connectivity index (χ1) is 12.9. The van der Waals surface area contributed by atoms with Gasteiger partial charge in [-0.3, -0.25) is 4.90 Å². The fourth-order valence-corrected chi connectivity index (χ4v) is 3.91. The maximum Gasteiger partial charge on any atom is 0.409 e. The molecular formula is C18H26ClN5O3. The van der Waals surface area contributed by atoms with Crippen molar-refractivity contribution in [1.82, 2.24) is 24.8 Å². The number of rotatable bonds is 5. The number of amides is 1. The van der Waals surface area contributed by atoms with Gasteiger partial charge in [-0.2, -0.15) is 4.98 Å². The Morgan fingerprint density at radius 2 is 2.04 bits per heavy atom. The van der Waals surface area contributed by atoms with Crippen molar-refractivity contribution >= 4 is 28.9 Å². The van der Waals surface area contributed by atoms with E-state index in [0.29, 0.717) is 35.2 Å². The zero-order valence-corrected chi connectivity index (χ0v) is 16.7. The summed E-state index contributed by atoms with van der Waals surface area (Å²) in [7, 11) is 1.41. The summed E-state index contributed by atoms with van der Waals surface area (Å²) in [6.07, 6.45) is 0.660. The Morgan fingerprint density at radius 3 is 2.67 bits per heavy atom. The van der Waals surface area contributed by atoms with Crippen LogP contribution in [0.5, 0.6) is 6.01 Å². The van der Waals surface area contributed by atoms with E-state index < -0.39 is 0 Å². The van der Waals surface area contributed by atoms with Crippen LogP contribution in [0.1, 0.15) is 31.9 Å². The van der Waals surface area contributed by atoms with E-state index in [4.69, 9.17) is 16.3 Å². The summed E-state index contributed by atoms with van der Waals surface area (Å²) in [6.45, 7) is 8.02. The molecule has 0 bridgehead atoms. The van der Waals surface area contributed by atoms with E-state index in [9.17, 15) is 9.90 Å². The molecule has 0 radical (unpaired) electrons. The SMILES string of the molecule is COC(=O)N1CCN(C[C@H](CC(C)C)c2nc3nc(O)[nH]c3cc2Cl)CC1. The number of carbonyl (C=O) groups excluding carboxylic acids is 1. The normalized spacial score (nSPS) is 16.9. The molecule has 1 amide bonds. The van der Waals surface area contributed by atoms with Crippen molar-refractivity contribution in [3.05, 3.63) is 16.8 Å². The zero-order chi connectivity index (χ0) is 19.6. The first-order valence-electron chi connectivity index (χ1n) is 9.17. The monoisotopic (exact) mass is 395 g/mol. The molecule has 0 aliphatic carbocycles. The first-order valence-corrected chi connectivity index (χ1v) is 9.55. The lowest BCUT2D eigenvalue weighted by atomic mass is 9.92. The Kier molecular flexibility index (Phi) is 6.06. The third kappa shape index (κ3) is 4.62. The molecule has 1 aliphatic rings. The molecule has 0 saturated carbocycles. The predicted octanol–water partition coefficient (Wildman–Crippen LogP) is 2.83. The van der Waals surface area contributed by atoms with E-state index >= 15 is 0 Å². The predicted molar refractivity (Wildman–Crippen MR) is 103 cm³/mol. The van der Waals surface area contributed by atoms with Gasteiger partial charge >= 0.3 is 6.09 Å². The molecule has 3 heterocycles. The number of aromatic amines is 1. The average Bonchev–Trinajstić information content (AvgIpc) is 2.99. The van der Waals surface area contributed by atoms with Crippen molar-refractivity contribution in [3.8, 4) is 6.01 Å². The highest BCUT2D eigenvalue weighted by molar-refractivity contribution is 6.31. The van der Waals surface area contributed by atoms with Crippen molar-refractivity contribution in [2.75, 3.05) is 39.8 Å². The van der Waals surface area contributed by atoms with E-state index in [0.717, 1.165) is 31.7 Å². The number of methoxy groups -OCH3 is 1. The Morgan fingerprint density at radius 1 is 1.33 bits per heavy atom. The summed E-state index contributed by atoms with van der Waals surface area (Å²) >= 11 is 6.51. The maximum absolute atomic E-state index is 11.7. The Labute approximate surface area is 163 Å². The van der Waals surface area contributed by atoms with Gasteiger partial charge in [-0.25, -0.2) is 9.78 Å². The molecule has 1 saturated heterocycles. The van der Waals surface area contributed by atoms with Gasteiger partial charge in [0.05, 0.1) is 23.3 Å². The fourth-order valence-electron chi connectivity index (χ4n) is 3.60. The lowest BCUT2D eigenvalue weighted by Crippen LogP contribution is -2.49. The minimum absolute atomic E-state index is 0.144. The van der Waals surface area contributed by atoms with Crippen LogP contribution >= 0.6 is 11.6 Å². The van der Waals surface area contributed by atoms with Gasteiger partial charge in [0.25, 0.3) is 6.01 Å². The Hall–Kier alpha value is -2.06. The topological polar surface area (TPSA) is 94.6 Å². The summed E-state index contributed by atoms with van der Waals surface area (Å²) in [5, 5.41) is 10.1. The molecule has 2 N–H and O–H groups in total. The molecule has 3 rings (SSSR count). The first kappa shape index (κ1) is 19.7. The van der Waals surface area contributed by atoms with E-state index in [2.05, 4.69) is 33.7 Å². The minimum atomic E-state index is -0.276. The van der Waals surface area contributed by atoms with Crippen LogP contribution in [0.3, 0.4) is 0 Å². The van der Waals surface area contributed by atoms with Crippen molar-refractivity contribution in [1.29, 1.82) is 0 Å². The van der Waals surface area contributed by atoms with E-state index in [-0.39, 0.29) is 18.0 Å². The number of piperazine rings is 1. The fraction of sp³-hybridized carbons (Fsp3) is 0.611. The zero-order valence-electron chi connectivity index (χ0n) is 15.9. The summed E-state index contributed by atoms with van der Waals surface area (Å²) in [5.41, 5.74) is 1.90. The summed E-state index contributed by atoms with van der Waals surface area (Å²) in [4.78, 5) is 27.1. The lowest BCUT2D eigenvalue weighted by molar-refractivity contribution is 0.0880. The van der Waals surface area contributed by atoms with Gasteiger partial charge in [-0.05, 0) is 18.4 Å². The van der Waals surface area contributed by atoms with Crippen LogP contribution in [0.4, 0.5) is 4.79 Å². The van der Waals surface area contributed by atoms with Gasteiger partial charge in [0.1, 0.15) is 0 Å². The number of aromatic nitrogens is 3. The van der Waals surface area contributed by atoms with Gasteiger partial charge in [0.2, 0.25) is 0 Å². The molecule has 2 aromatic heterocycles. The van der Waals surface area contributed by atoms with Crippen molar-refractivity contribution in [2.24, 2.45) is 5.92 Å². The van der Waals surface area contributed by atoms with Gasteiger partial charge in [0.15, 0.2) is 5.65 Å². The van der Waals surface area contributed by atoms with Gasteiger partial charge < -0.3 is 19.7 Å². The largest absolute Gasteiger partial charge is 0.480 e. The molecule has 27 heavy (non-hydrogen) atoms. The average molecular weight is 396 g/mol. The minimum Gasteiger partial charge on any atom is -0.480 e. The van der Waals surface area contributed by atoms with Crippen LogP contribution in [0.2, 0.25) is 5.02 Å². The van der Waals surface area contributed by atoms with Crippen molar-refractivity contribution in [2.45, 2.75) is 26.2 Å². The summed E-state index contributed by atoms with van der Waals surface area (Å²) in [5.74, 6) is 0.623. The van der Waals surface area contributed by atoms with Crippen LogP contribution in [-0.4, -0.2) is 75.8 Å². The van der Waals surface area contributed by atoms with Crippen LogP contribution in [-0.2, 0) is 4.74 Å². The van der Waals surface area contributed by atoms with Crippen LogP contribution in [0.25, 0.3) is 11.2 Å². The molecule has 0 spiro atoms. The number of pyridine rings is 1.